The van der Waals surface area contributed by atoms with E-state index in [4.69, 9.17) is 5.73 Å². The number of aromatic nitrogens is 4. The first kappa shape index (κ1) is 9.77. The predicted molar refractivity (Wildman–Crippen MR) is 65.8 cm³/mol. The van der Waals surface area contributed by atoms with Gasteiger partial charge in [0.2, 0.25) is 0 Å². The summed E-state index contributed by atoms with van der Waals surface area (Å²) in [5.41, 5.74) is 6.52. The topological polar surface area (TPSA) is 69.6 Å². The van der Waals surface area contributed by atoms with Crippen molar-refractivity contribution in [1.29, 1.82) is 0 Å². The number of nitrogens with two attached hydrogens (primary N) is 1. The van der Waals surface area contributed by atoms with E-state index in [1.165, 1.54) is 0 Å². The summed E-state index contributed by atoms with van der Waals surface area (Å²) in [7, 11) is 0. The number of hydrogen-bond donors (Lipinski definition) is 1. The lowest BCUT2D eigenvalue weighted by molar-refractivity contribution is 0.822. The maximum atomic E-state index is 5.61. The van der Waals surface area contributed by atoms with Crippen molar-refractivity contribution in [2.75, 3.05) is 5.73 Å². The van der Waals surface area contributed by atoms with Gasteiger partial charge < -0.3 is 5.73 Å². The number of hydrogen-bond acceptors (Lipinski definition) is 4. The van der Waals surface area contributed by atoms with Gasteiger partial charge in [0, 0.05) is 23.0 Å². The van der Waals surface area contributed by atoms with Crippen LogP contribution in [0.5, 0.6) is 0 Å². The zero-order chi connectivity index (χ0) is 11.8. The van der Waals surface area contributed by atoms with E-state index in [0.717, 1.165) is 16.5 Å². The Labute approximate surface area is 97.9 Å². The van der Waals surface area contributed by atoms with Crippen LogP contribution in [0.15, 0.2) is 36.5 Å². The number of aryl methyl sites for hydroxylation is 1. The minimum Gasteiger partial charge on any atom is -0.382 e. The van der Waals surface area contributed by atoms with Crippen molar-refractivity contribution in [2.45, 2.75) is 6.92 Å². The Morgan fingerprint density at radius 3 is 2.53 bits per heavy atom. The van der Waals surface area contributed by atoms with E-state index in [0.29, 0.717) is 11.6 Å². The highest BCUT2D eigenvalue weighted by atomic mass is 15.3. The van der Waals surface area contributed by atoms with Crippen LogP contribution in [0.25, 0.3) is 16.6 Å². The molecule has 3 rings (SSSR count). The van der Waals surface area contributed by atoms with Crippen molar-refractivity contribution in [1.82, 2.24) is 20.0 Å². The molecule has 2 heterocycles. The van der Waals surface area contributed by atoms with E-state index in [9.17, 15) is 0 Å². The van der Waals surface area contributed by atoms with E-state index >= 15 is 0 Å². The summed E-state index contributed by atoms with van der Waals surface area (Å²) < 4.78 is 1.64. The van der Waals surface area contributed by atoms with Crippen LogP contribution in [0, 0.1) is 6.92 Å². The van der Waals surface area contributed by atoms with Crippen molar-refractivity contribution >= 4 is 16.6 Å². The summed E-state index contributed by atoms with van der Waals surface area (Å²) in [6, 6.07) is 9.72. The minimum atomic E-state index is 0.469. The molecule has 2 N–H and O–H groups in total. The van der Waals surface area contributed by atoms with E-state index in [2.05, 4.69) is 15.3 Å². The van der Waals surface area contributed by atoms with Crippen LogP contribution in [0.1, 0.15) is 5.69 Å². The fourth-order valence-electron chi connectivity index (χ4n) is 1.85. The summed E-state index contributed by atoms with van der Waals surface area (Å²) in [6.45, 7) is 1.94. The predicted octanol–water partition coefficient (Wildman–Crippen LogP) is 1.71. The maximum Gasteiger partial charge on any atom is 0.183 e. The molecule has 1 aromatic carbocycles. The molecule has 0 bridgehead atoms. The van der Waals surface area contributed by atoms with E-state index in [1.54, 1.807) is 16.9 Å². The molecule has 0 aliphatic carbocycles. The molecular weight excluding hydrogens is 214 g/mol. The van der Waals surface area contributed by atoms with Crippen LogP contribution in [0.4, 0.5) is 5.82 Å². The van der Waals surface area contributed by atoms with Gasteiger partial charge in [-0.1, -0.05) is 24.3 Å². The molecule has 0 unspecified atom stereocenters. The number of benzene rings is 1. The summed E-state index contributed by atoms with van der Waals surface area (Å²) in [5.74, 6) is 1.17. The third kappa shape index (κ3) is 1.52. The van der Waals surface area contributed by atoms with Gasteiger partial charge in [-0.05, 0) is 6.92 Å². The van der Waals surface area contributed by atoms with Gasteiger partial charge in [-0.2, -0.15) is 5.10 Å². The molecule has 0 aliphatic rings. The Kier molecular flexibility index (Phi) is 2.04. The van der Waals surface area contributed by atoms with Gasteiger partial charge in [-0.25, -0.2) is 4.68 Å². The Bertz CT molecular complexity index is 686. The van der Waals surface area contributed by atoms with Gasteiger partial charge >= 0.3 is 0 Å². The molecule has 0 radical (unpaired) electrons. The zero-order valence-electron chi connectivity index (χ0n) is 9.33. The molecule has 0 amide bonds. The second-order valence-corrected chi connectivity index (χ2v) is 3.84. The van der Waals surface area contributed by atoms with Gasteiger partial charge in [0.25, 0.3) is 0 Å². The van der Waals surface area contributed by atoms with Crippen molar-refractivity contribution in [2.24, 2.45) is 0 Å². The molecule has 5 heteroatoms. The van der Waals surface area contributed by atoms with E-state index in [-0.39, 0.29) is 0 Å². The highest BCUT2D eigenvalue weighted by Crippen LogP contribution is 2.21. The Morgan fingerprint density at radius 2 is 1.82 bits per heavy atom. The fraction of sp³-hybridized carbons (Fsp3) is 0.0833. The lowest BCUT2D eigenvalue weighted by Gasteiger charge is -2.06. The standard InChI is InChI=1S/C12H11N5/c1-8-9-4-2-3-5-10(9)12(15-14-8)17-7-6-11(13)16-17/h2-7H,1H3,(H2,13,16). The Balaban J connectivity index is 2.34. The second-order valence-electron chi connectivity index (χ2n) is 3.84. The lowest BCUT2D eigenvalue weighted by Crippen LogP contribution is -2.03. The highest BCUT2D eigenvalue weighted by Gasteiger charge is 2.08. The van der Waals surface area contributed by atoms with E-state index < -0.39 is 0 Å². The number of nitrogen functional groups attached to an aromatic ring is 1. The summed E-state index contributed by atoms with van der Waals surface area (Å²) in [6.07, 6.45) is 1.78. The number of anilines is 1. The SMILES string of the molecule is Cc1nnc(-n2ccc(N)n2)c2ccccc12. The molecule has 0 atom stereocenters. The molecule has 3 aromatic rings. The average Bonchev–Trinajstić information content (AvgIpc) is 2.77. The quantitative estimate of drug-likeness (QED) is 0.684. The smallest absolute Gasteiger partial charge is 0.183 e. The Hall–Kier alpha value is -2.43. The molecule has 0 saturated heterocycles. The largest absolute Gasteiger partial charge is 0.382 e. The third-order valence-electron chi connectivity index (χ3n) is 2.68. The first-order valence-corrected chi connectivity index (χ1v) is 5.29. The van der Waals surface area contributed by atoms with Gasteiger partial charge in [-0.15, -0.1) is 10.2 Å². The second kappa shape index (κ2) is 3.55. The number of rotatable bonds is 1. The van der Waals surface area contributed by atoms with Crippen LogP contribution < -0.4 is 5.73 Å². The molecule has 0 spiro atoms. The molecular formula is C12H11N5. The summed E-state index contributed by atoms with van der Waals surface area (Å²) in [4.78, 5) is 0. The summed E-state index contributed by atoms with van der Waals surface area (Å²) >= 11 is 0. The van der Waals surface area contributed by atoms with Gasteiger partial charge in [-0.3, -0.25) is 0 Å². The minimum absolute atomic E-state index is 0.469. The fourth-order valence-corrected chi connectivity index (χ4v) is 1.85. The summed E-state index contributed by atoms with van der Waals surface area (Å²) in [5, 5.41) is 14.6. The van der Waals surface area contributed by atoms with Gasteiger partial charge in [0.15, 0.2) is 5.82 Å². The van der Waals surface area contributed by atoms with E-state index in [1.807, 2.05) is 31.2 Å². The molecule has 0 fully saturated rings. The molecule has 2 aromatic heterocycles. The van der Waals surface area contributed by atoms with Crippen LogP contribution >= 0.6 is 0 Å². The third-order valence-corrected chi connectivity index (χ3v) is 2.68. The van der Waals surface area contributed by atoms with Gasteiger partial charge in [0.05, 0.1) is 5.69 Å². The first-order valence-electron chi connectivity index (χ1n) is 5.29. The molecule has 0 aliphatic heterocycles. The highest BCUT2D eigenvalue weighted by molar-refractivity contribution is 5.89. The van der Waals surface area contributed by atoms with Gasteiger partial charge in [0.1, 0.15) is 5.82 Å². The lowest BCUT2D eigenvalue weighted by atomic mass is 10.1. The zero-order valence-corrected chi connectivity index (χ0v) is 9.33. The number of nitrogens with zero attached hydrogens (tertiary/aromatic N) is 4. The molecule has 0 saturated carbocycles. The van der Waals surface area contributed by atoms with Crippen molar-refractivity contribution in [3.8, 4) is 5.82 Å². The Morgan fingerprint density at radius 1 is 1.06 bits per heavy atom. The average molecular weight is 225 g/mol. The normalized spacial score (nSPS) is 10.9. The van der Waals surface area contributed by atoms with Crippen molar-refractivity contribution in [3.63, 3.8) is 0 Å². The van der Waals surface area contributed by atoms with Crippen molar-refractivity contribution in [3.05, 3.63) is 42.2 Å². The number of fused-ring (bicyclic) bond motifs is 1. The van der Waals surface area contributed by atoms with Crippen LogP contribution in [0.3, 0.4) is 0 Å². The van der Waals surface area contributed by atoms with Crippen LogP contribution in [-0.2, 0) is 0 Å². The molecule has 17 heavy (non-hydrogen) atoms. The monoisotopic (exact) mass is 225 g/mol. The first-order chi connectivity index (χ1) is 8.25. The van der Waals surface area contributed by atoms with Crippen LogP contribution in [-0.4, -0.2) is 20.0 Å². The maximum absolute atomic E-state index is 5.61. The van der Waals surface area contributed by atoms with Crippen LogP contribution in [0.2, 0.25) is 0 Å². The molecule has 5 nitrogen and oxygen atoms in total. The van der Waals surface area contributed by atoms with Crippen molar-refractivity contribution < 1.29 is 0 Å². The molecule has 84 valence electrons.